The maximum Gasteiger partial charge on any atom is 0.257 e. The van der Waals surface area contributed by atoms with Gasteiger partial charge in [0.1, 0.15) is 0 Å². The van der Waals surface area contributed by atoms with Gasteiger partial charge >= 0.3 is 0 Å². The van der Waals surface area contributed by atoms with Crippen LogP contribution < -0.4 is 5.32 Å². The molecule has 0 bridgehead atoms. The minimum atomic E-state index is -0.264. The largest absolute Gasteiger partial charge is 0.345 e. The molecule has 2 aromatic rings. The number of aromatic nitrogens is 2. The van der Waals surface area contributed by atoms with E-state index in [0.717, 1.165) is 24.1 Å². The number of nitrogens with one attached hydrogen (secondary N) is 2. The Balaban J connectivity index is 1.37. The van der Waals surface area contributed by atoms with Crippen molar-refractivity contribution >= 4 is 17.7 Å². The quantitative estimate of drug-likeness (QED) is 0.746. The van der Waals surface area contributed by atoms with Crippen molar-refractivity contribution in [3.8, 4) is 0 Å². The van der Waals surface area contributed by atoms with E-state index >= 15 is 0 Å². The lowest BCUT2D eigenvalue weighted by atomic mass is 9.90. The molecule has 1 unspecified atom stereocenters. The van der Waals surface area contributed by atoms with E-state index < -0.39 is 0 Å². The molecule has 0 radical (unpaired) electrons. The fourth-order valence-electron chi connectivity index (χ4n) is 4.66. The zero-order valence-electron chi connectivity index (χ0n) is 18.1. The Morgan fingerprint density at radius 1 is 1.16 bits per heavy atom. The molecule has 1 aromatic carbocycles. The molecule has 8 heteroatoms. The summed E-state index contributed by atoms with van der Waals surface area (Å²) < 4.78 is 0. The zero-order valence-corrected chi connectivity index (χ0v) is 18.1. The normalized spacial score (nSPS) is 18.6. The molecule has 3 heterocycles. The van der Waals surface area contributed by atoms with E-state index in [4.69, 9.17) is 0 Å². The smallest absolute Gasteiger partial charge is 0.257 e. The number of piperidine rings is 1. The first-order valence-electron chi connectivity index (χ1n) is 11.0. The maximum absolute atomic E-state index is 12.9. The summed E-state index contributed by atoms with van der Waals surface area (Å²) in [5.41, 5.74) is 3.07. The number of hydrogen-bond acceptors (Lipinski definition) is 4. The van der Waals surface area contributed by atoms with Crippen LogP contribution in [0.15, 0.2) is 30.5 Å². The van der Waals surface area contributed by atoms with Gasteiger partial charge in [-0.1, -0.05) is 18.2 Å². The molecule has 3 amide bonds. The van der Waals surface area contributed by atoms with Gasteiger partial charge in [-0.2, -0.15) is 5.10 Å². The van der Waals surface area contributed by atoms with Crippen molar-refractivity contribution in [1.29, 1.82) is 0 Å². The number of hydrogen-bond donors (Lipinski definition) is 2. The highest BCUT2D eigenvalue weighted by atomic mass is 16.2. The second-order valence-electron chi connectivity index (χ2n) is 8.15. The third-order valence-electron chi connectivity index (χ3n) is 6.47. The molecule has 1 atom stereocenters. The number of H-pyrrole nitrogens is 1. The van der Waals surface area contributed by atoms with Crippen molar-refractivity contribution < 1.29 is 14.4 Å². The molecule has 1 aromatic heterocycles. The van der Waals surface area contributed by atoms with Gasteiger partial charge in [0.15, 0.2) is 0 Å². The molecule has 2 aliphatic heterocycles. The number of fused-ring (bicyclic) bond motifs is 1. The summed E-state index contributed by atoms with van der Waals surface area (Å²) >= 11 is 0. The number of aromatic amines is 1. The highest BCUT2D eigenvalue weighted by Gasteiger charge is 2.33. The first kappa shape index (κ1) is 21.1. The van der Waals surface area contributed by atoms with Crippen molar-refractivity contribution in [3.05, 3.63) is 52.8 Å². The Kier molecular flexibility index (Phi) is 6.06. The number of amides is 3. The minimum Gasteiger partial charge on any atom is -0.345 e. The van der Waals surface area contributed by atoms with E-state index in [2.05, 4.69) is 15.5 Å². The summed E-state index contributed by atoms with van der Waals surface area (Å²) in [6.07, 6.45) is 3.44. The summed E-state index contributed by atoms with van der Waals surface area (Å²) in [7, 11) is 0. The molecule has 2 aliphatic rings. The molecular formula is C23H29N5O3. The second-order valence-corrected chi connectivity index (χ2v) is 8.15. The lowest BCUT2D eigenvalue weighted by molar-refractivity contribution is -0.132. The topological polar surface area (TPSA) is 98.4 Å². The predicted molar refractivity (Wildman–Crippen MR) is 116 cm³/mol. The van der Waals surface area contributed by atoms with Crippen LogP contribution in [0.2, 0.25) is 0 Å². The van der Waals surface area contributed by atoms with E-state index in [1.165, 1.54) is 0 Å². The van der Waals surface area contributed by atoms with E-state index in [1.807, 2.05) is 36.9 Å². The SMILES string of the molecule is CCN(CC)C(=O)c1cn[nH]c1C1CCN(C(=O)CC2NC(=O)c3ccccc32)CC1. The van der Waals surface area contributed by atoms with Crippen molar-refractivity contribution in [2.24, 2.45) is 0 Å². The summed E-state index contributed by atoms with van der Waals surface area (Å²) in [6.45, 7) is 6.52. The number of carbonyl (C=O) groups is 3. The molecule has 0 saturated carbocycles. The molecule has 2 N–H and O–H groups in total. The van der Waals surface area contributed by atoms with Crippen molar-refractivity contribution in [2.75, 3.05) is 26.2 Å². The monoisotopic (exact) mass is 423 g/mol. The van der Waals surface area contributed by atoms with Gasteiger partial charge in [-0.25, -0.2) is 0 Å². The fourth-order valence-corrected chi connectivity index (χ4v) is 4.66. The van der Waals surface area contributed by atoms with E-state index in [1.54, 1.807) is 17.2 Å². The predicted octanol–water partition coefficient (Wildman–Crippen LogP) is 2.47. The number of benzene rings is 1. The highest BCUT2D eigenvalue weighted by molar-refractivity contribution is 5.99. The molecule has 4 rings (SSSR count). The first-order chi connectivity index (χ1) is 15.0. The minimum absolute atomic E-state index is 0.00268. The van der Waals surface area contributed by atoms with Crippen molar-refractivity contribution in [1.82, 2.24) is 25.3 Å². The third-order valence-corrected chi connectivity index (χ3v) is 6.47. The third kappa shape index (κ3) is 4.06. The molecular weight excluding hydrogens is 394 g/mol. The van der Waals surface area contributed by atoms with Crippen LogP contribution in [-0.2, 0) is 4.79 Å². The van der Waals surface area contributed by atoms with Gasteiger partial charge in [-0.15, -0.1) is 0 Å². The Morgan fingerprint density at radius 2 is 1.87 bits per heavy atom. The number of nitrogens with zero attached hydrogens (tertiary/aromatic N) is 3. The van der Waals surface area contributed by atoms with Crippen LogP contribution in [-0.4, -0.2) is 63.9 Å². The first-order valence-corrected chi connectivity index (χ1v) is 11.0. The lowest BCUT2D eigenvalue weighted by Crippen LogP contribution is -2.40. The van der Waals surface area contributed by atoms with Crippen LogP contribution in [0.4, 0.5) is 0 Å². The number of rotatable bonds is 6. The summed E-state index contributed by atoms with van der Waals surface area (Å²) in [5.74, 6) is 0.108. The standard InChI is InChI=1S/C23H29N5O3/c1-3-27(4-2)23(31)18-14-24-26-21(18)15-9-11-28(12-10-15)20(29)13-19-16-7-5-6-8-17(16)22(30)25-19/h5-8,14-15,19H,3-4,9-13H2,1-2H3,(H,24,26)(H,25,30). The van der Waals surface area contributed by atoms with Crippen LogP contribution in [0.5, 0.6) is 0 Å². The second kappa shape index (κ2) is 8.91. The molecule has 1 fully saturated rings. The lowest BCUT2D eigenvalue weighted by Gasteiger charge is -2.32. The summed E-state index contributed by atoms with van der Waals surface area (Å²) in [5, 5.41) is 10.1. The maximum atomic E-state index is 12.9. The van der Waals surface area contributed by atoms with Gasteiger partial charge in [-0.3, -0.25) is 19.5 Å². The fraction of sp³-hybridized carbons (Fsp3) is 0.478. The Bertz CT molecular complexity index is 973. The Hall–Kier alpha value is -3.16. The summed E-state index contributed by atoms with van der Waals surface area (Å²) in [6, 6.07) is 7.16. The van der Waals surface area contributed by atoms with Crippen LogP contribution in [0.1, 0.15) is 77.0 Å². The summed E-state index contributed by atoms with van der Waals surface area (Å²) in [4.78, 5) is 41.5. The van der Waals surface area contributed by atoms with E-state index in [9.17, 15) is 14.4 Å². The van der Waals surface area contributed by atoms with Crippen molar-refractivity contribution in [2.45, 2.75) is 45.1 Å². The van der Waals surface area contributed by atoms with Gasteiger partial charge in [0.25, 0.3) is 11.8 Å². The van der Waals surface area contributed by atoms with Crippen LogP contribution in [0.25, 0.3) is 0 Å². The van der Waals surface area contributed by atoms with Gasteiger partial charge in [0, 0.05) is 37.7 Å². The number of carbonyl (C=O) groups excluding carboxylic acids is 3. The van der Waals surface area contributed by atoms with Gasteiger partial charge < -0.3 is 15.1 Å². The molecule has 31 heavy (non-hydrogen) atoms. The molecule has 0 spiro atoms. The van der Waals surface area contributed by atoms with Crippen LogP contribution in [0, 0.1) is 0 Å². The number of likely N-dealkylation sites (tertiary alicyclic amines) is 1. The van der Waals surface area contributed by atoms with E-state index in [0.29, 0.717) is 37.3 Å². The van der Waals surface area contributed by atoms with Crippen molar-refractivity contribution in [3.63, 3.8) is 0 Å². The Labute approximate surface area is 182 Å². The molecule has 8 nitrogen and oxygen atoms in total. The Morgan fingerprint density at radius 3 is 2.58 bits per heavy atom. The van der Waals surface area contributed by atoms with Crippen LogP contribution >= 0.6 is 0 Å². The van der Waals surface area contributed by atoms with E-state index in [-0.39, 0.29) is 36.1 Å². The average molecular weight is 424 g/mol. The van der Waals surface area contributed by atoms with Gasteiger partial charge in [0.05, 0.1) is 29.9 Å². The highest BCUT2D eigenvalue weighted by Crippen LogP contribution is 2.32. The van der Waals surface area contributed by atoms with Crippen LogP contribution in [0.3, 0.4) is 0 Å². The molecule has 1 saturated heterocycles. The zero-order chi connectivity index (χ0) is 22.0. The molecule has 0 aliphatic carbocycles. The van der Waals surface area contributed by atoms with Gasteiger partial charge in [-0.05, 0) is 38.3 Å². The molecule has 164 valence electrons. The average Bonchev–Trinajstić information content (AvgIpc) is 3.40. The van der Waals surface area contributed by atoms with Gasteiger partial charge in [0.2, 0.25) is 5.91 Å².